The summed E-state index contributed by atoms with van der Waals surface area (Å²) >= 11 is 0. The lowest BCUT2D eigenvalue weighted by atomic mass is 9.95. The minimum absolute atomic E-state index is 0.0817. The van der Waals surface area contributed by atoms with Crippen LogP contribution in [0.15, 0.2) is 29.2 Å². The highest BCUT2D eigenvalue weighted by Crippen LogP contribution is 2.25. The predicted octanol–water partition coefficient (Wildman–Crippen LogP) is 2.06. The Kier molecular flexibility index (Phi) is 3.94. The molecule has 1 atom stereocenters. The van der Waals surface area contributed by atoms with Crippen LogP contribution < -0.4 is 4.72 Å². The van der Waals surface area contributed by atoms with Gasteiger partial charge in [0.05, 0.1) is 10.5 Å². The molecule has 19 heavy (non-hydrogen) atoms. The Labute approximate surface area is 113 Å². The van der Waals surface area contributed by atoms with E-state index in [0.29, 0.717) is 19.4 Å². The second kappa shape index (κ2) is 5.19. The van der Waals surface area contributed by atoms with E-state index in [0.717, 1.165) is 12.1 Å². The Morgan fingerprint density at radius 3 is 2.53 bits per heavy atom. The maximum atomic E-state index is 12.8. The molecule has 0 aromatic heterocycles. The second-order valence-corrected chi connectivity index (χ2v) is 7.09. The Bertz CT molecular complexity index is 540. The van der Waals surface area contributed by atoms with Crippen molar-refractivity contribution in [1.29, 1.82) is 0 Å². The third-order valence-electron chi connectivity index (χ3n) is 3.14. The number of rotatable bonds is 3. The molecule has 0 amide bonds. The average molecular weight is 287 g/mol. The van der Waals surface area contributed by atoms with Crippen LogP contribution in [0.3, 0.4) is 0 Å². The molecule has 1 aliphatic heterocycles. The maximum Gasteiger partial charge on any atom is 0.240 e. The average Bonchev–Trinajstić information content (AvgIpc) is 2.27. The number of hydrogen-bond donors (Lipinski definition) is 1. The molecule has 1 aromatic carbocycles. The second-order valence-electron chi connectivity index (χ2n) is 5.37. The summed E-state index contributed by atoms with van der Waals surface area (Å²) in [6.07, 6.45) is 1.26. The van der Waals surface area contributed by atoms with Gasteiger partial charge in [-0.1, -0.05) is 0 Å². The standard InChI is InChI=1S/C13H18FNO3S/c1-13(2)9-11(7-8-18-13)15-19(16,17)12-5-3-10(14)4-6-12/h3-6,11,15H,7-9H2,1-2H3. The van der Waals surface area contributed by atoms with Crippen LogP contribution in [0.5, 0.6) is 0 Å². The monoisotopic (exact) mass is 287 g/mol. The van der Waals surface area contributed by atoms with Crippen LogP contribution in [0, 0.1) is 5.82 Å². The molecular formula is C13H18FNO3S. The number of benzene rings is 1. The van der Waals surface area contributed by atoms with Crippen LogP contribution in [0.1, 0.15) is 26.7 Å². The minimum Gasteiger partial charge on any atom is -0.375 e. The van der Waals surface area contributed by atoms with E-state index in [-0.39, 0.29) is 16.5 Å². The first kappa shape index (κ1) is 14.4. The zero-order chi connectivity index (χ0) is 14.1. The molecule has 1 aromatic rings. The van der Waals surface area contributed by atoms with Gasteiger partial charge < -0.3 is 4.74 Å². The van der Waals surface area contributed by atoms with E-state index >= 15 is 0 Å². The molecule has 1 aliphatic rings. The molecule has 106 valence electrons. The molecule has 1 N–H and O–H groups in total. The Balaban J connectivity index is 2.11. The van der Waals surface area contributed by atoms with E-state index in [1.807, 2.05) is 13.8 Å². The highest BCUT2D eigenvalue weighted by molar-refractivity contribution is 7.89. The summed E-state index contributed by atoms with van der Waals surface area (Å²) in [6.45, 7) is 4.40. The lowest BCUT2D eigenvalue weighted by molar-refractivity contribution is -0.0599. The molecule has 4 nitrogen and oxygen atoms in total. The molecular weight excluding hydrogens is 269 g/mol. The first-order chi connectivity index (χ1) is 8.78. The zero-order valence-electron chi connectivity index (χ0n) is 11.0. The van der Waals surface area contributed by atoms with Crippen molar-refractivity contribution in [3.8, 4) is 0 Å². The molecule has 1 unspecified atom stereocenters. The van der Waals surface area contributed by atoms with Crippen LogP contribution in [-0.4, -0.2) is 26.7 Å². The van der Waals surface area contributed by atoms with E-state index in [2.05, 4.69) is 4.72 Å². The van der Waals surface area contributed by atoms with Crippen molar-refractivity contribution in [2.45, 2.75) is 43.2 Å². The summed E-state index contributed by atoms with van der Waals surface area (Å²) in [7, 11) is -3.60. The summed E-state index contributed by atoms with van der Waals surface area (Å²) in [5, 5.41) is 0. The number of nitrogens with one attached hydrogen (secondary N) is 1. The van der Waals surface area contributed by atoms with E-state index in [9.17, 15) is 12.8 Å². The topological polar surface area (TPSA) is 55.4 Å². The zero-order valence-corrected chi connectivity index (χ0v) is 11.8. The van der Waals surface area contributed by atoms with Gasteiger partial charge in [0, 0.05) is 12.6 Å². The van der Waals surface area contributed by atoms with Crippen molar-refractivity contribution in [2.24, 2.45) is 0 Å². The smallest absolute Gasteiger partial charge is 0.240 e. The summed E-state index contributed by atoms with van der Waals surface area (Å²) in [5.41, 5.74) is -0.325. The van der Waals surface area contributed by atoms with Gasteiger partial charge in [-0.05, 0) is 51.0 Å². The first-order valence-electron chi connectivity index (χ1n) is 6.20. The molecule has 6 heteroatoms. The van der Waals surface area contributed by atoms with Gasteiger partial charge in [-0.15, -0.1) is 0 Å². The molecule has 0 radical (unpaired) electrons. The van der Waals surface area contributed by atoms with E-state index in [1.54, 1.807) is 0 Å². The highest BCUT2D eigenvalue weighted by Gasteiger charge is 2.31. The number of sulfonamides is 1. The highest BCUT2D eigenvalue weighted by atomic mass is 32.2. The van der Waals surface area contributed by atoms with Crippen LogP contribution in [0.2, 0.25) is 0 Å². The summed E-state index contributed by atoms with van der Waals surface area (Å²) in [4.78, 5) is 0.0817. The van der Waals surface area contributed by atoms with Gasteiger partial charge in [0.15, 0.2) is 0 Å². The fraction of sp³-hybridized carbons (Fsp3) is 0.538. The van der Waals surface area contributed by atoms with Crippen LogP contribution >= 0.6 is 0 Å². The maximum absolute atomic E-state index is 12.8. The molecule has 0 saturated carbocycles. The van der Waals surface area contributed by atoms with Crippen molar-refractivity contribution in [3.63, 3.8) is 0 Å². The Morgan fingerprint density at radius 1 is 1.32 bits per heavy atom. The first-order valence-corrected chi connectivity index (χ1v) is 7.69. The summed E-state index contributed by atoms with van der Waals surface area (Å²) in [5.74, 6) is -0.453. The number of halogens is 1. The summed E-state index contributed by atoms with van der Waals surface area (Å²) < 4.78 is 45.3. The van der Waals surface area contributed by atoms with Gasteiger partial charge in [0.25, 0.3) is 0 Å². The normalized spacial score (nSPS) is 23.2. The molecule has 1 heterocycles. The van der Waals surface area contributed by atoms with Crippen molar-refractivity contribution >= 4 is 10.0 Å². The Hall–Kier alpha value is -0.980. The van der Waals surface area contributed by atoms with Gasteiger partial charge in [-0.2, -0.15) is 0 Å². The lowest BCUT2D eigenvalue weighted by Gasteiger charge is -2.35. The third kappa shape index (κ3) is 3.75. The van der Waals surface area contributed by atoms with Crippen molar-refractivity contribution in [3.05, 3.63) is 30.1 Å². The quantitative estimate of drug-likeness (QED) is 0.926. The van der Waals surface area contributed by atoms with Crippen LogP contribution in [0.4, 0.5) is 4.39 Å². The molecule has 1 fully saturated rings. The van der Waals surface area contributed by atoms with E-state index in [1.165, 1.54) is 12.1 Å². The third-order valence-corrected chi connectivity index (χ3v) is 4.68. The van der Waals surface area contributed by atoms with Gasteiger partial charge in [-0.25, -0.2) is 17.5 Å². The fourth-order valence-corrected chi connectivity index (χ4v) is 3.50. The number of hydrogen-bond acceptors (Lipinski definition) is 3. The molecule has 0 spiro atoms. The fourth-order valence-electron chi connectivity index (χ4n) is 2.23. The van der Waals surface area contributed by atoms with E-state index in [4.69, 9.17) is 4.74 Å². The van der Waals surface area contributed by atoms with Gasteiger partial charge in [-0.3, -0.25) is 0 Å². The Morgan fingerprint density at radius 2 is 1.95 bits per heavy atom. The van der Waals surface area contributed by atoms with Crippen molar-refractivity contribution in [2.75, 3.05) is 6.61 Å². The van der Waals surface area contributed by atoms with Crippen LogP contribution in [0.25, 0.3) is 0 Å². The number of ether oxygens (including phenoxy) is 1. The van der Waals surface area contributed by atoms with Gasteiger partial charge >= 0.3 is 0 Å². The molecule has 0 aliphatic carbocycles. The minimum atomic E-state index is -3.60. The molecule has 0 bridgehead atoms. The molecule has 1 saturated heterocycles. The lowest BCUT2D eigenvalue weighted by Crippen LogP contribution is -2.45. The van der Waals surface area contributed by atoms with Gasteiger partial charge in [0.1, 0.15) is 5.82 Å². The molecule has 2 rings (SSSR count). The predicted molar refractivity (Wildman–Crippen MR) is 69.8 cm³/mol. The van der Waals surface area contributed by atoms with E-state index < -0.39 is 15.8 Å². The largest absolute Gasteiger partial charge is 0.375 e. The van der Waals surface area contributed by atoms with Gasteiger partial charge in [0.2, 0.25) is 10.0 Å². The van der Waals surface area contributed by atoms with Crippen molar-refractivity contribution < 1.29 is 17.5 Å². The summed E-state index contributed by atoms with van der Waals surface area (Å²) in [6, 6.07) is 4.66. The van der Waals surface area contributed by atoms with Crippen molar-refractivity contribution in [1.82, 2.24) is 4.72 Å². The SMILES string of the molecule is CC1(C)CC(NS(=O)(=O)c2ccc(F)cc2)CCO1. The van der Waals surface area contributed by atoms with Crippen LogP contribution in [-0.2, 0) is 14.8 Å².